The molecular weight excluding hydrogens is 522 g/mol. The van der Waals surface area contributed by atoms with E-state index in [1.54, 1.807) is 30.3 Å². The summed E-state index contributed by atoms with van der Waals surface area (Å²) in [5.74, 6) is -0.732. The summed E-state index contributed by atoms with van der Waals surface area (Å²) in [6.07, 6.45) is 2.14. The van der Waals surface area contributed by atoms with Gasteiger partial charge in [0.05, 0.1) is 10.6 Å². The first-order chi connectivity index (χ1) is 18.3. The van der Waals surface area contributed by atoms with Crippen LogP contribution in [0.2, 0.25) is 5.02 Å². The van der Waals surface area contributed by atoms with Crippen molar-refractivity contribution >= 4 is 39.1 Å². The van der Waals surface area contributed by atoms with Crippen molar-refractivity contribution < 1.29 is 18.0 Å². The standard InChI is InChI=1S/C29H34ClN3O4S/c1-3-5-20-31-29(35)27(4-2)32(21-23-12-8-6-9-13-23)28(34)22-33(25-14-10-7-11-15-25)38(36,37)26-18-16-24(30)17-19-26/h6-19,27H,3-5,20-22H2,1-2H3,(H,31,35)/t27-/m1/s1. The normalized spacial score (nSPS) is 12.0. The lowest BCUT2D eigenvalue weighted by atomic mass is 10.1. The molecule has 1 N–H and O–H groups in total. The predicted octanol–water partition coefficient (Wildman–Crippen LogP) is 5.26. The van der Waals surface area contributed by atoms with Crippen LogP contribution in [0.1, 0.15) is 38.7 Å². The van der Waals surface area contributed by atoms with Gasteiger partial charge in [-0.1, -0.05) is 80.4 Å². The average Bonchev–Trinajstić information content (AvgIpc) is 2.93. The second-order valence-electron chi connectivity index (χ2n) is 8.88. The van der Waals surface area contributed by atoms with E-state index in [9.17, 15) is 18.0 Å². The van der Waals surface area contributed by atoms with Crippen molar-refractivity contribution in [2.24, 2.45) is 0 Å². The molecule has 0 aliphatic carbocycles. The number of rotatable bonds is 13. The number of carbonyl (C=O) groups is 2. The summed E-state index contributed by atoms with van der Waals surface area (Å²) < 4.78 is 28.6. The number of hydrogen-bond donors (Lipinski definition) is 1. The molecule has 3 aromatic carbocycles. The number of hydrogen-bond acceptors (Lipinski definition) is 4. The Morgan fingerprint density at radius 3 is 2.08 bits per heavy atom. The molecule has 3 aromatic rings. The number of nitrogens with one attached hydrogen (secondary N) is 1. The first-order valence-corrected chi connectivity index (χ1v) is 14.5. The average molecular weight is 556 g/mol. The van der Waals surface area contributed by atoms with Crippen LogP contribution in [0.3, 0.4) is 0 Å². The van der Waals surface area contributed by atoms with E-state index in [0.717, 1.165) is 22.7 Å². The lowest BCUT2D eigenvalue weighted by Crippen LogP contribution is -2.52. The summed E-state index contributed by atoms with van der Waals surface area (Å²) in [5, 5.41) is 3.33. The van der Waals surface area contributed by atoms with Gasteiger partial charge in [0.15, 0.2) is 0 Å². The fourth-order valence-corrected chi connectivity index (χ4v) is 5.60. The second kappa shape index (κ2) is 14.0. The Kier molecular flexibility index (Phi) is 10.7. The van der Waals surface area contributed by atoms with Gasteiger partial charge in [-0.15, -0.1) is 0 Å². The van der Waals surface area contributed by atoms with E-state index >= 15 is 0 Å². The minimum absolute atomic E-state index is 0.0116. The zero-order valence-corrected chi connectivity index (χ0v) is 23.3. The molecule has 202 valence electrons. The Bertz CT molecular complexity index is 1290. The summed E-state index contributed by atoms with van der Waals surface area (Å²) in [6.45, 7) is 4.09. The number of nitrogens with zero attached hydrogens (tertiary/aromatic N) is 2. The van der Waals surface area contributed by atoms with Crippen molar-refractivity contribution in [2.75, 3.05) is 17.4 Å². The fraction of sp³-hybridized carbons (Fsp3) is 0.310. The largest absolute Gasteiger partial charge is 0.354 e. The molecule has 0 aliphatic rings. The van der Waals surface area contributed by atoms with E-state index in [-0.39, 0.29) is 17.3 Å². The molecule has 38 heavy (non-hydrogen) atoms. The third-order valence-corrected chi connectivity index (χ3v) is 8.18. The van der Waals surface area contributed by atoms with Crippen LogP contribution in [0.5, 0.6) is 0 Å². The quantitative estimate of drug-likeness (QED) is 0.291. The highest BCUT2D eigenvalue weighted by Crippen LogP contribution is 2.25. The van der Waals surface area contributed by atoms with Gasteiger partial charge in [-0.2, -0.15) is 0 Å². The van der Waals surface area contributed by atoms with Gasteiger partial charge in [0.2, 0.25) is 11.8 Å². The molecule has 0 unspecified atom stereocenters. The lowest BCUT2D eigenvalue weighted by Gasteiger charge is -2.33. The van der Waals surface area contributed by atoms with Gasteiger partial charge >= 0.3 is 0 Å². The first-order valence-electron chi connectivity index (χ1n) is 12.7. The van der Waals surface area contributed by atoms with Crippen LogP contribution in [0, 0.1) is 0 Å². The van der Waals surface area contributed by atoms with Crippen molar-refractivity contribution in [3.05, 3.63) is 95.5 Å². The van der Waals surface area contributed by atoms with Crippen LogP contribution >= 0.6 is 11.6 Å². The maximum Gasteiger partial charge on any atom is 0.264 e. The Hall–Kier alpha value is -3.36. The van der Waals surface area contributed by atoms with Crippen LogP contribution in [0.4, 0.5) is 5.69 Å². The molecule has 0 bridgehead atoms. The number of carbonyl (C=O) groups excluding carboxylic acids is 2. The number of unbranched alkanes of at least 4 members (excludes halogenated alkanes) is 1. The van der Waals surface area contributed by atoms with Crippen molar-refractivity contribution in [3.63, 3.8) is 0 Å². The molecule has 0 heterocycles. The van der Waals surface area contributed by atoms with Crippen molar-refractivity contribution in [1.29, 1.82) is 0 Å². The summed E-state index contributed by atoms with van der Waals surface area (Å²) in [7, 11) is -4.12. The van der Waals surface area contributed by atoms with Gasteiger partial charge < -0.3 is 10.2 Å². The fourth-order valence-electron chi connectivity index (χ4n) is 4.06. The molecule has 0 saturated heterocycles. The third-order valence-electron chi connectivity index (χ3n) is 6.14. The highest BCUT2D eigenvalue weighted by atomic mass is 35.5. The minimum Gasteiger partial charge on any atom is -0.354 e. The third kappa shape index (κ3) is 7.58. The molecular formula is C29H34ClN3O4S. The summed E-state index contributed by atoms with van der Waals surface area (Å²) in [4.78, 5) is 28.5. The zero-order chi connectivity index (χ0) is 27.5. The summed E-state index contributed by atoms with van der Waals surface area (Å²) in [6, 6.07) is 22.9. The van der Waals surface area contributed by atoms with E-state index < -0.39 is 28.5 Å². The van der Waals surface area contributed by atoms with E-state index in [0.29, 0.717) is 23.7 Å². The summed E-state index contributed by atoms with van der Waals surface area (Å²) >= 11 is 5.98. The highest BCUT2D eigenvalue weighted by molar-refractivity contribution is 7.92. The zero-order valence-electron chi connectivity index (χ0n) is 21.7. The Morgan fingerprint density at radius 2 is 1.50 bits per heavy atom. The molecule has 0 saturated carbocycles. The smallest absolute Gasteiger partial charge is 0.264 e. The molecule has 0 aliphatic heterocycles. The number of sulfonamides is 1. The van der Waals surface area contributed by atoms with Gasteiger partial charge in [0, 0.05) is 18.1 Å². The Labute approximate surface area is 230 Å². The van der Waals surface area contributed by atoms with Gasteiger partial charge in [0.1, 0.15) is 12.6 Å². The van der Waals surface area contributed by atoms with Gasteiger partial charge in [-0.05, 0) is 54.8 Å². The number of benzene rings is 3. The molecule has 0 fully saturated rings. The molecule has 0 aromatic heterocycles. The lowest BCUT2D eigenvalue weighted by molar-refractivity contribution is -0.140. The monoisotopic (exact) mass is 555 g/mol. The Balaban J connectivity index is 1.99. The molecule has 0 spiro atoms. The van der Waals surface area contributed by atoms with Crippen LogP contribution in [0.15, 0.2) is 89.8 Å². The van der Waals surface area contributed by atoms with E-state index in [1.807, 2.05) is 44.2 Å². The van der Waals surface area contributed by atoms with Crippen LogP contribution in [-0.4, -0.2) is 44.3 Å². The number of halogens is 1. The van der Waals surface area contributed by atoms with E-state index in [1.165, 1.54) is 29.2 Å². The second-order valence-corrected chi connectivity index (χ2v) is 11.2. The van der Waals surface area contributed by atoms with Crippen molar-refractivity contribution in [2.45, 2.75) is 50.6 Å². The van der Waals surface area contributed by atoms with Crippen molar-refractivity contribution in [3.8, 4) is 0 Å². The predicted molar refractivity (Wildman–Crippen MR) is 151 cm³/mol. The van der Waals surface area contributed by atoms with Crippen LogP contribution < -0.4 is 9.62 Å². The van der Waals surface area contributed by atoms with Crippen LogP contribution in [-0.2, 0) is 26.2 Å². The van der Waals surface area contributed by atoms with E-state index in [2.05, 4.69) is 5.32 Å². The molecule has 9 heteroatoms. The topological polar surface area (TPSA) is 86.8 Å². The molecule has 7 nitrogen and oxygen atoms in total. The maximum atomic E-state index is 13.9. The number of anilines is 1. The van der Waals surface area contributed by atoms with Crippen molar-refractivity contribution in [1.82, 2.24) is 10.2 Å². The van der Waals surface area contributed by atoms with Gasteiger partial charge in [-0.3, -0.25) is 13.9 Å². The molecule has 1 atom stereocenters. The molecule has 3 rings (SSSR count). The first kappa shape index (κ1) is 29.2. The SMILES string of the molecule is CCCCNC(=O)[C@@H](CC)N(Cc1ccccc1)C(=O)CN(c1ccccc1)S(=O)(=O)c1ccc(Cl)cc1. The van der Waals surface area contributed by atoms with Crippen LogP contribution in [0.25, 0.3) is 0 Å². The molecule has 0 radical (unpaired) electrons. The van der Waals surface area contributed by atoms with Gasteiger partial charge in [0.25, 0.3) is 10.0 Å². The summed E-state index contributed by atoms with van der Waals surface area (Å²) in [5.41, 5.74) is 1.18. The number of para-hydroxylation sites is 1. The molecule has 2 amide bonds. The van der Waals surface area contributed by atoms with E-state index in [4.69, 9.17) is 11.6 Å². The van der Waals surface area contributed by atoms with Gasteiger partial charge in [-0.25, -0.2) is 8.42 Å². The maximum absolute atomic E-state index is 13.9. The highest BCUT2D eigenvalue weighted by Gasteiger charge is 2.33. The minimum atomic E-state index is -4.12. The number of amides is 2. The Morgan fingerprint density at radius 1 is 0.895 bits per heavy atom.